The van der Waals surface area contributed by atoms with Crippen LogP contribution < -0.4 is 5.32 Å². The molecule has 1 rings (SSSR count). The van der Waals surface area contributed by atoms with Gasteiger partial charge in [0.1, 0.15) is 0 Å². The highest BCUT2D eigenvalue weighted by atomic mass is 16.1. The van der Waals surface area contributed by atoms with Gasteiger partial charge in [-0.15, -0.1) is 0 Å². The van der Waals surface area contributed by atoms with E-state index in [-0.39, 0.29) is 16.5 Å². The Morgan fingerprint density at radius 1 is 1.17 bits per heavy atom. The van der Waals surface area contributed by atoms with E-state index in [1.807, 2.05) is 20.8 Å². The van der Waals surface area contributed by atoms with Crippen molar-refractivity contribution in [2.75, 3.05) is 20.1 Å². The lowest BCUT2D eigenvalue weighted by Crippen LogP contribution is -2.67. The van der Waals surface area contributed by atoms with E-state index in [4.69, 9.17) is 0 Å². The van der Waals surface area contributed by atoms with Gasteiger partial charge in [0, 0.05) is 17.5 Å². The summed E-state index contributed by atoms with van der Waals surface area (Å²) in [6, 6.07) is 0. The van der Waals surface area contributed by atoms with Crippen LogP contribution in [0.3, 0.4) is 0 Å². The Morgan fingerprint density at radius 2 is 1.72 bits per heavy atom. The molecule has 0 spiro atoms. The van der Waals surface area contributed by atoms with E-state index in [1.54, 1.807) is 0 Å². The number of piperidine rings is 1. The molecule has 0 bridgehead atoms. The van der Waals surface area contributed by atoms with E-state index < -0.39 is 0 Å². The molecule has 1 heterocycles. The Bertz CT molecular complexity index is 311. The van der Waals surface area contributed by atoms with Crippen molar-refractivity contribution in [1.82, 2.24) is 10.2 Å². The molecule has 1 fully saturated rings. The molecule has 1 N–H and O–H groups in total. The Balaban J connectivity index is 3.05. The van der Waals surface area contributed by atoms with Crippen LogP contribution in [-0.4, -0.2) is 41.9 Å². The second-order valence-corrected chi connectivity index (χ2v) is 7.88. The molecule has 1 atom stereocenters. The summed E-state index contributed by atoms with van der Waals surface area (Å²) < 4.78 is 0. The number of ketones is 1. The van der Waals surface area contributed by atoms with Crippen LogP contribution in [0.15, 0.2) is 0 Å². The fraction of sp³-hybridized carbons (Fsp3) is 0.933. The van der Waals surface area contributed by atoms with Crippen molar-refractivity contribution in [3.63, 3.8) is 0 Å². The van der Waals surface area contributed by atoms with Crippen LogP contribution in [0.2, 0.25) is 0 Å². The highest BCUT2D eigenvalue weighted by Crippen LogP contribution is 2.31. The predicted molar refractivity (Wildman–Crippen MR) is 76.8 cm³/mol. The molecule has 0 saturated carbocycles. The van der Waals surface area contributed by atoms with Crippen molar-refractivity contribution in [3.8, 4) is 0 Å². The first-order chi connectivity index (χ1) is 7.96. The molecule has 0 aromatic rings. The van der Waals surface area contributed by atoms with Crippen molar-refractivity contribution in [2.24, 2.45) is 5.41 Å². The van der Waals surface area contributed by atoms with Gasteiger partial charge in [-0.3, -0.25) is 10.1 Å². The Kier molecular flexibility index (Phi) is 4.29. The van der Waals surface area contributed by atoms with Gasteiger partial charge >= 0.3 is 0 Å². The number of carbonyl (C=O) groups is 1. The molecule has 0 aromatic carbocycles. The monoisotopic (exact) mass is 254 g/mol. The quantitative estimate of drug-likeness (QED) is 0.821. The van der Waals surface area contributed by atoms with Crippen molar-refractivity contribution in [3.05, 3.63) is 0 Å². The first-order valence-corrected chi connectivity index (χ1v) is 6.99. The van der Waals surface area contributed by atoms with Gasteiger partial charge in [0.2, 0.25) is 0 Å². The minimum absolute atomic E-state index is 0.0426. The second-order valence-electron chi connectivity index (χ2n) is 7.88. The third kappa shape index (κ3) is 3.79. The molecule has 0 amide bonds. The lowest BCUT2D eigenvalue weighted by molar-refractivity contribution is -0.136. The van der Waals surface area contributed by atoms with Crippen molar-refractivity contribution in [2.45, 2.75) is 65.5 Å². The van der Waals surface area contributed by atoms with Crippen LogP contribution in [0.5, 0.6) is 0 Å². The van der Waals surface area contributed by atoms with E-state index >= 15 is 0 Å². The van der Waals surface area contributed by atoms with Crippen LogP contribution in [0.25, 0.3) is 0 Å². The molecule has 106 valence electrons. The lowest BCUT2D eigenvalue weighted by atomic mass is 9.73. The largest absolute Gasteiger partial charge is 0.304 e. The van der Waals surface area contributed by atoms with Gasteiger partial charge in [0.25, 0.3) is 0 Å². The van der Waals surface area contributed by atoms with Crippen molar-refractivity contribution in [1.29, 1.82) is 0 Å². The number of rotatable bonds is 2. The molecule has 1 saturated heterocycles. The standard InChI is InChI=1S/C15H30N2O/c1-13(2,3)12(18)15(16-14(4,5)6)9-8-10-17(7)11-15/h16H,8-11H2,1-7H3. The van der Waals surface area contributed by atoms with Gasteiger partial charge in [-0.25, -0.2) is 0 Å². The molecule has 3 heteroatoms. The van der Waals surface area contributed by atoms with Crippen LogP contribution in [0.1, 0.15) is 54.4 Å². The summed E-state index contributed by atoms with van der Waals surface area (Å²) in [4.78, 5) is 15.1. The van der Waals surface area contributed by atoms with Gasteiger partial charge in [-0.2, -0.15) is 0 Å². The van der Waals surface area contributed by atoms with Crippen molar-refractivity contribution >= 4 is 5.78 Å². The second kappa shape index (κ2) is 4.93. The van der Waals surface area contributed by atoms with E-state index in [1.165, 1.54) is 0 Å². The van der Waals surface area contributed by atoms with Gasteiger partial charge in [-0.05, 0) is 47.2 Å². The van der Waals surface area contributed by atoms with Crippen LogP contribution in [-0.2, 0) is 4.79 Å². The SMILES string of the molecule is CN1CCCC(NC(C)(C)C)(C(=O)C(C)(C)C)C1. The van der Waals surface area contributed by atoms with Crippen LogP contribution >= 0.6 is 0 Å². The summed E-state index contributed by atoms with van der Waals surface area (Å²) in [6.45, 7) is 14.4. The molecular formula is C15H30N2O. The minimum Gasteiger partial charge on any atom is -0.304 e. The minimum atomic E-state index is -0.385. The first-order valence-electron chi connectivity index (χ1n) is 6.99. The van der Waals surface area contributed by atoms with Gasteiger partial charge < -0.3 is 4.90 Å². The summed E-state index contributed by atoms with van der Waals surface area (Å²) in [7, 11) is 2.11. The molecule has 3 nitrogen and oxygen atoms in total. The van der Waals surface area contributed by atoms with Gasteiger partial charge in [0.05, 0.1) is 5.54 Å². The summed E-state index contributed by atoms with van der Waals surface area (Å²) >= 11 is 0. The van der Waals surface area contributed by atoms with Crippen LogP contribution in [0.4, 0.5) is 0 Å². The first kappa shape index (κ1) is 15.6. The van der Waals surface area contributed by atoms with Crippen LogP contribution in [0, 0.1) is 5.41 Å². The number of nitrogens with one attached hydrogen (secondary N) is 1. The number of hydrogen-bond donors (Lipinski definition) is 1. The zero-order chi connectivity index (χ0) is 14.2. The molecule has 0 aromatic heterocycles. The third-order valence-electron chi connectivity index (χ3n) is 3.41. The maximum atomic E-state index is 12.9. The number of Topliss-reactive ketones (excluding diaryl/α,β-unsaturated/α-hetero) is 1. The number of nitrogens with zero attached hydrogens (tertiary/aromatic N) is 1. The normalized spacial score (nSPS) is 27.3. The van der Waals surface area contributed by atoms with E-state index in [2.05, 4.69) is 38.0 Å². The fourth-order valence-electron chi connectivity index (χ4n) is 3.05. The average molecular weight is 254 g/mol. The lowest BCUT2D eigenvalue weighted by Gasteiger charge is -2.47. The predicted octanol–water partition coefficient (Wildman–Crippen LogP) is 2.45. The number of likely N-dealkylation sites (tertiary alicyclic amines) is 1. The highest BCUT2D eigenvalue weighted by molar-refractivity contribution is 5.93. The van der Waals surface area contributed by atoms with E-state index in [9.17, 15) is 4.79 Å². The zero-order valence-electron chi connectivity index (χ0n) is 13.2. The molecule has 1 unspecified atom stereocenters. The molecule has 0 radical (unpaired) electrons. The molecule has 1 aliphatic heterocycles. The highest BCUT2D eigenvalue weighted by Gasteiger charge is 2.47. The Hall–Kier alpha value is -0.410. The Labute approximate surface area is 112 Å². The topological polar surface area (TPSA) is 32.3 Å². The molecule has 0 aliphatic carbocycles. The van der Waals surface area contributed by atoms with Crippen molar-refractivity contribution < 1.29 is 4.79 Å². The van der Waals surface area contributed by atoms with E-state index in [0.717, 1.165) is 25.9 Å². The summed E-state index contributed by atoms with van der Waals surface area (Å²) in [5, 5.41) is 3.62. The number of hydrogen-bond acceptors (Lipinski definition) is 3. The average Bonchev–Trinajstić information content (AvgIpc) is 2.12. The fourth-order valence-corrected chi connectivity index (χ4v) is 3.05. The number of carbonyl (C=O) groups excluding carboxylic acids is 1. The Morgan fingerprint density at radius 3 is 2.11 bits per heavy atom. The molecule has 18 heavy (non-hydrogen) atoms. The van der Waals surface area contributed by atoms with E-state index in [0.29, 0.717) is 5.78 Å². The molecular weight excluding hydrogens is 224 g/mol. The summed E-state index contributed by atoms with van der Waals surface area (Å²) in [6.07, 6.45) is 2.03. The third-order valence-corrected chi connectivity index (χ3v) is 3.41. The smallest absolute Gasteiger partial charge is 0.159 e. The summed E-state index contributed by atoms with van der Waals surface area (Å²) in [5.74, 6) is 0.344. The zero-order valence-corrected chi connectivity index (χ0v) is 13.2. The maximum absolute atomic E-state index is 12.9. The summed E-state index contributed by atoms with van der Waals surface area (Å²) in [5.41, 5.74) is -0.723. The van der Waals surface area contributed by atoms with Gasteiger partial charge in [0.15, 0.2) is 5.78 Å². The maximum Gasteiger partial charge on any atom is 0.159 e. The number of likely N-dealkylation sites (N-methyl/N-ethyl adjacent to an activating group) is 1. The molecule has 1 aliphatic rings. The van der Waals surface area contributed by atoms with Gasteiger partial charge in [-0.1, -0.05) is 20.8 Å².